The molecule has 1 saturated heterocycles. The lowest BCUT2D eigenvalue weighted by molar-refractivity contribution is 0.0540. The van der Waals surface area contributed by atoms with Gasteiger partial charge in [0, 0.05) is 24.8 Å². The van der Waals surface area contributed by atoms with E-state index in [0.29, 0.717) is 11.7 Å². The van der Waals surface area contributed by atoms with Crippen LogP contribution in [-0.4, -0.2) is 32.0 Å². The van der Waals surface area contributed by atoms with Gasteiger partial charge in [0.25, 0.3) is 0 Å². The fourth-order valence-electron chi connectivity index (χ4n) is 2.43. The summed E-state index contributed by atoms with van der Waals surface area (Å²) >= 11 is 0. The number of methoxy groups -OCH3 is 1. The minimum Gasteiger partial charge on any atom is -0.508 e. The van der Waals surface area contributed by atoms with Gasteiger partial charge in [0.15, 0.2) is 0 Å². The van der Waals surface area contributed by atoms with Gasteiger partial charge in [0.1, 0.15) is 11.5 Å². The molecule has 19 heavy (non-hydrogen) atoms. The fraction of sp³-hybridized carbons (Fsp3) is 0.600. The van der Waals surface area contributed by atoms with E-state index in [-0.39, 0.29) is 6.04 Å². The second-order valence-corrected chi connectivity index (χ2v) is 5.14. The SMILES string of the molecule is COc1ccc(O)c(C(C)NCC2CCCOC2)c1. The molecule has 4 nitrogen and oxygen atoms in total. The Morgan fingerprint density at radius 2 is 2.37 bits per heavy atom. The topological polar surface area (TPSA) is 50.7 Å². The minimum absolute atomic E-state index is 0.0945. The second kappa shape index (κ2) is 6.78. The molecule has 1 aliphatic rings. The number of ether oxygens (including phenoxy) is 2. The van der Waals surface area contributed by atoms with E-state index < -0.39 is 0 Å². The van der Waals surface area contributed by atoms with Crippen LogP contribution >= 0.6 is 0 Å². The highest BCUT2D eigenvalue weighted by molar-refractivity contribution is 5.41. The van der Waals surface area contributed by atoms with E-state index in [9.17, 15) is 5.11 Å². The highest BCUT2D eigenvalue weighted by Gasteiger charge is 2.16. The molecule has 0 bridgehead atoms. The molecule has 2 atom stereocenters. The van der Waals surface area contributed by atoms with Gasteiger partial charge in [-0.25, -0.2) is 0 Å². The lowest BCUT2D eigenvalue weighted by Crippen LogP contribution is -2.30. The molecule has 0 spiro atoms. The number of hydrogen-bond acceptors (Lipinski definition) is 4. The van der Waals surface area contributed by atoms with Crippen LogP contribution < -0.4 is 10.1 Å². The van der Waals surface area contributed by atoms with E-state index in [0.717, 1.165) is 37.5 Å². The number of rotatable bonds is 5. The van der Waals surface area contributed by atoms with Gasteiger partial charge >= 0.3 is 0 Å². The molecule has 1 heterocycles. The fourth-order valence-corrected chi connectivity index (χ4v) is 2.43. The highest BCUT2D eigenvalue weighted by atomic mass is 16.5. The third-order valence-corrected chi connectivity index (χ3v) is 3.67. The molecule has 106 valence electrons. The molecular formula is C15H23NO3. The Morgan fingerprint density at radius 3 is 3.05 bits per heavy atom. The van der Waals surface area contributed by atoms with E-state index >= 15 is 0 Å². The molecule has 1 aromatic carbocycles. The van der Waals surface area contributed by atoms with Gasteiger partial charge in [-0.1, -0.05) is 0 Å². The van der Waals surface area contributed by atoms with Crippen LogP contribution in [0.4, 0.5) is 0 Å². The summed E-state index contributed by atoms with van der Waals surface area (Å²) in [7, 11) is 1.63. The molecule has 0 aliphatic carbocycles. The van der Waals surface area contributed by atoms with Crippen molar-refractivity contribution in [1.82, 2.24) is 5.32 Å². The van der Waals surface area contributed by atoms with Gasteiger partial charge in [-0.15, -0.1) is 0 Å². The average Bonchev–Trinajstić information content (AvgIpc) is 2.46. The largest absolute Gasteiger partial charge is 0.508 e. The van der Waals surface area contributed by atoms with Crippen molar-refractivity contribution in [1.29, 1.82) is 0 Å². The molecule has 1 fully saturated rings. The molecule has 2 rings (SSSR count). The van der Waals surface area contributed by atoms with Crippen LogP contribution in [0.15, 0.2) is 18.2 Å². The van der Waals surface area contributed by atoms with Gasteiger partial charge in [0.2, 0.25) is 0 Å². The molecule has 2 unspecified atom stereocenters. The summed E-state index contributed by atoms with van der Waals surface area (Å²) in [5.74, 6) is 1.65. The van der Waals surface area contributed by atoms with Crippen LogP contribution in [0.5, 0.6) is 11.5 Å². The third kappa shape index (κ3) is 3.85. The quantitative estimate of drug-likeness (QED) is 0.858. The number of phenols is 1. The predicted molar refractivity (Wildman–Crippen MR) is 74.6 cm³/mol. The van der Waals surface area contributed by atoms with Gasteiger partial charge in [-0.05, 0) is 43.9 Å². The molecular weight excluding hydrogens is 242 g/mol. The monoisotopic (exact) mass is 265 g/mol. The first-order valence-corrected chi connectivity index (χ1v) is 6.88. The van der Waals surface area contributed by atoms with Crippen molar-refractivity contribution < 1.29 is 14.6 Å². The van der Waals surface area contributed by atoms with E-state index in [2.05, 4.69) is 12.2 Å². The Labute approximate surface area is 114 Å². The summed E-state index contributed by atoms with van der Waals surface area (Å²) in [4.78, 5) is 0. The predicted octanol–water partition coefficient (Wildman–Crippen LogP) is 2.48. The van der Waals surface area contributed by atoms with E-state index in [1.54, 1.807) is 19.2 Å². The molecule has 0 amide bonds. The summed E-state index contributed by atoms with van der Waals surface area (Å²) < 4.78 is 10.7. The van der Waals surface area contributed by atoms with Gasteiger partial charge < -0.3 is 19.9 Å². The Hall–Kier alpha value is -1.26. The molecule has 4 heteroatoms. The lowest BCUT2D eigenvalue weighted by Gasteiger charge is -2.24. The first-order valence-electron chi connectivity index (χ1n) is 6.88. The molecule has 2 N–H and O–H groups in total. The maximum atomic E-state index is 9.92. The van der Waals surface area contributed by atoms with Crippen LogP contribution in [-0.2, 0) is 4.74 Å². The van der Waals surface area contributed by atoms with Crippen molar-refractivity contribution in [2.45, 2.75) is 25.8 Å². The Morgan fingerprint density at radius 1 is 1.53 bits per heavy atom. The zero-order chi connectivity index (χ0) is 13.7. The van der Waals surface area contributed by atoms with Crippen molar-refractivity contribution in [2.24, 2.45) is 5.92 Å². The Bertz CT molecular complexity index is 402. The molecule has 0 aromatic heterocycles. The number of hydrogen-bond donors (Lipinski definition) is 2. The third-order valence-electron chi connectivity index (χ3n) is 3.67. The standard InChI is InChI=1S/C15H23NO3/c1-11(16-9-12-4-3-7-19-10-12)14-8-13(18-2)5-6-15(14)17/h5-6,8,11-12,16-17H,3-4,7,9-10H2,1-2H3. The summed E-state index contributed by atoms with van der Waals surface area (Å²) in [5.41, 5.74) is 0.871. The lowest BCUT2D eigenvalue weighted by atomic mass is 10.0. The number of nitrogens with one attached hydrogen (secondary N) is 1. The summed E-state index contributed by atoms with van der Waals surface area (Å²) in [6.45, 7) is 4.70. The van der Waals surface area contributed by atoms with Crippen LogP contribution in [0.3, 0.4) is 0 Å². The average molecular weight is 265 g/mol. The Balaban J connectivity index is 1.93. The molecule has 1 aromatic rings. The van der Waals surface area contributed by atoms with Crippen molar-refractivity contribution in [3.8, 4) is 11.5 Å². The summed E-state index contributed by atoms with van der Waals surface area (Å²) in [5, 5.41) is 13.4. The van der Waals surface area contributed by atoms with E-state index in [1.807, 2.05) is 6.07 Å². The van der Waals surface area contributed by atoms with Crippen LogP contribution in [0.2, 0.25) is 0 Å². The van der Waals surface area contributed by atoms with Crippen molar-refractivity contribution in [3.05, 3.63) is 23.8 Å². The van der Waals surface area contributed by atoms with Gasteiger partial charge in [0.05, 0.1) is 13.7 Å². The molecule has 0 saturated carbocycles. The van der Waals surface area contributed by atoms with Crippen LogP contribution in [0, 0.1) is 5.92 Å². The molecule has 1 aliphatic heterocycles. The summed E-state index contributed by atoms with van der Waals surface area (Å²) in [6.07, 6.45) is 2.36. The summed E-state index contributed by atoms with van der Waals surface area (Å²) in [6, 6.07) is 5.41. The van der Waals surface area contributed by atoms with Gasteiger partial charge in [-0.3, -0.25) is 0 Å². The Kier molecular flexibility index (Phi) is 5.05. The minimum atomic E-state index is 0.0945. The van der Waals surface area contributed by atoms with E-state index in [1.165, 1.54) is 6.42 Å². The van der Waals surface area contributed by atoms with Crippen LogP contribution in [0.25, 0.3) is 0 Å². The first kappa shape index (κ1) is 14.2. The second-order valence-electron chi connectivity index (χ2n) is 5.14. The zero-order valence-corrected chi connectivity index (χ0v) is 11.7. The first-order chi connectivity index (χ1) is 9.20. The van der Waals surface area contributed by atoms with Gasteiger partial charge in [-0.2, -0.15) is 0 Å². The maximum Gasteiger partial charge on any atom is 0.120 e. The van der Waals surface area contributed by atoms with Crippen LogP contribution in [0.1, 0.15) is 31.4 Å². The number of benzene rings is 1. The highest BCUT2D eigenvalue weighted by Crippen LogP contribution is 2.28. The smallest absolute Gasteiger partial charge is 0.120 e. The normalized spacial score (nSPS) is 21.1. The van der Waals surface area contributed by atoms with E-state index in [4.69, 9.17) is 9.47 Å². The zero-order valence-electron chi connectivity index (χ0n) is 11.7. The number of aromatic hydroxyl groups is 1. The number of phenolic OH excluding ortho intramolecular Hbond substituents is 1. The van der Waals surface area contributed by atoms with Crippen molar-refractivity contribution >= 4 is 0 Å². The van der Waals surface area contributed by atoms with Crippen molar-refractivity contribution in [2.75, 3.05) is 26.9 Å². The van der Waals surface area contributed by atoms with Crippen molar-refractivity contribution in [3.63, 3.8) is 0 Å². The maximum absolute atomic E-state index is 9.92. The molecule has 0 radical (unpaired) electrons.